The van der Waals surface area contributed by atoms with Gasteiger partial charge in [-0.25, -0.2) is 9.97 Å². The molecular weight excluding hydrogens is 1720 g/mol. The standard InChI is InChI=1S/C134H82N8/c1-7-30-83(31-8-1)101-48-29-49-102(84-32-9-2-10-33-84)130(101)133-131-107-50-27-34-85-35-28-51-108(129(85)107)132(131)135-134(136-133)94-72-99(141-125-68-60-90(86-56-64-121-109(74-86)103-44-19-23-52-117(103)137(121)95-36-11-3-12-37-95)78-113(125)114-79-91(61-69-126(114)141)87-57-65-122-110(75-87)104-45-20-24-53-118(104)138(122)96-38-13-4-14-39-96)82-100(73-94)142-127-70-62-92(88-58-66-123-111(76-88)105-46-21-25-54-119(105)139(123)97-40-15-5-16-41-97)80-115(127)116-81-93(63-71-128(116)142)89-59-67-124-112(77-89)106-47-22-26-55-120(106)140(124)98-42-17-6-18-43-98/h1-82H. The molecule has 0 N–H and O–H groups in total. The molecule has 0 aliphatic heterocycles. The molecule has 8 nitrogen and oxygen atoms in total. The Morgan fingerprint density at radius 2 is 0.373 bits per heavy atom. The normalized spacial score (nSPS) is 12.1. The molecule has 1 aliphatic carbocycles. The van der Waals surface area contributed by atoms with E-state index in [1.54, 1.807) is 0 Å². The number of benzene rings is 22. The van der Waals surface area contributed by atoms with E-state index in [2.05, 4.69) is 525 Å². The minimum absolute atomic E-state index is 0.597. The lowest BCUT2D eigenvalue weighted by molar-refractivity contribution is 1.12. The van der Waals surface area contributed by atoms with Gasteiger partial charge in [-0.15, -0.1) is 0 Å². The van der Waals surface area contributed by atoms with Gasteiger partial charge < -0.3 is 27.4 Å². The number of rotatable bonds is 14. The molecule has 7 heterocycles. The summed E-state index contributed by atoms with van der Waals surface area (Å²) in [5.41, 5.74) is 40.0. The smallest absolute Gasteiger partial charge is 0.160 e. The maximum atomic E-state index is 6.30. The van der Waals surface area contributed by atoms with E-state index in [-0.39, 0.29) is 0 Å². The second-order valence-corrected chi connectivity index (χ2v) is 37.8. The fraction of sp³-hybridized carbons (Fsp3) is 0. The predicted octanol–water partition coefficient (Wildman–Crippen LogP) is 35.2. The van der Waals surface area contributed by atoms with Crippen LogP contribution in [0.4, 0.5) is 0 Å². The molecule has 1 aliphatic rings. The molecule has 0 radical (unpaired) electrons. The SMILES string of the molecule is c1ccc(-c2cccc(-c3ccccc3)c2-c2nc(-c3cc(-n4c5ccc(-c6ccc7c(c6)c6ccccc6n7-c6ccccc6)cc5c5cc(-c6ccc7c(c6)c6ccccc6n7-c6ccccc6)ccc54)cc(-n4c5ccc(-c6ccc7c(c6)c6ccccc6n7-c6ccccc6)cc5c5cc(-c6ccc7c(c6)c6ccccc6n7-c6ccccc6)ccc54)c3)nc3c2-c2cccc4cccc-3c24)cc1. The highest BCUT2D eigenvalue weighted by molar-refractivity contribution is 6.21. The van der Waals surface area contributed by atoms with Gasteiger partial charge in [0.05, 0.1) is 77.6 Å². The highest BCUT2D eigenvalue weighted by atomic mass is 15.0. The van der Waals surface area contributed by atoms with E-state index in [0.29, 0.717) is 5.82 Å². The van der Waals surface area contributed by atoms with Gasteiger partial charge >= 0.3 is 0 Å². The lowest BCUT2D eigenvalue weighted by atomic mass is 9.87. The summed E-state index contributed by atoms with van der Waals surface area (Å²) < 4.78 is 14.7. The molecule has 0 fully saturated rings. The van der Waals surface area contributed by atoms with Gasteiger partial charge in [-0.1, -0.05) is 309 Å². The largest absolute Gasteiger partial charge is 0.309 e. The van der Waals surface area contributed by atoms with Crippen molar-refractivity contribution in [2.24, 2.45) is 0 Å². The van der Waals surface area contributed by atoms with Gasteiger partial charge in [0.25, 0.3) is 0 Å². The summed E-state index contributed by atoms with van der Waals surface area (Å²) in [7, 11) is 0. The van der Waals surface area contributed by atoms with Crippen LogP contribution >= 0.6 is 0 Å². The molecule has 30 rings (SSSR count). The Morgan fingerprint density at radius 3 is 0.683 bits per heavy atom. The summed E-state index contributed by atoms with van der Waals surface area (Å²) in [6.45, 7) is 0. The van der Waals surface area contributed by atoms with Crippen LogP contribution in [0.1, 0.15) is 0 Å². The van der Waals surface area contributed by atoms with Crippen LogP contribution in [-0.2, 0) is 0 Å². The van der Waals surface area contributed by atoms with Gasteiger partial charge in [0, 0.05) is 121 Å². The first kappa shape index (κ1) is 79.2. The Morgan fingerprint density at radius 1 is 0.134 bits per heavy atom. The van der Waals surface area contributed by atoms with E-state index in [1.165, 1.54) is 70.5 Å². The summed E-state index contributed by atoms with van der Waals surface area (Å²) in [6.07, 6.45) is 0. The summed E-state index contributed by atoms with van der Waals surface area (Å²) in [5.74, 6) is 0.597. The van der Waals surface area contributed by atoms with Crippen molar-refractivity contribution in [2.75, 3.05) is 0 Å². The third-order valence-electron chi connectivity index (χ3n) is 30.1. The summed E-state index contributed by atoms with van der Waals surface area (Å²) >= 11 is 0. The Balaban J connectivity index is 0.695. The van der Waals surface area contributed by atoms with Crippen molar-refractivity contribution >= 4 is 142 Å². The zero-order valence-corrected chi connectivity index (χ0v) is 76.9. The number of para-hydroxylation sites is 8. The zero-order valence-electron chi connectivity index (χ0n) is 76.9. The van der Waals surface area contributed by atoms with Gasteiger partial charge in [-0.05, 0) is 271 Å². The molecule has 8 heteroatoms. The fourth-order valence-corrected chi connectivity index (χ4v) is 23.8. The molecule has 0 spiro atoms. The van der Waals surface area contributed by atoms with Crippen LogP contribution in [0.25, 0.3) is 288 Å². The number of nitrogens with zero attached hydrogens (tertiary/aromatic N) is 8. The third-order valence-corrected chi connectivity index (χ3v) is 30.1. The topological polar surface area (TPSA) is 55.4 Å². The monoisotopic (exact) mass is 1800 g/mol. The van der Waals surface area contributed by atoms with Crippen LogP contribution in [0.2, 0.25) is 0 Å². The van der Waals surface area contributed by atoms with Gasteiger partial charge in [0.15, 0.2) is 5.82 Å². The first-order chi connectivity index (χ1) is 70.4. The molecule has 0 atom stereocenters. The Labute approximate surface area is 816 Å². The van der Waals surface area contributed by atoms with Crippen molar-refractivity contribution in [1.82, 2.24) is 37.4 Å². The molecule has 29 aromatic rings. The maximum Gasteiger partial charge on any atom is 0.160 e. The van der Waals surface area contributed by atoms with Crippen molar-refractivity contribution in [3.8, 4) is 146 Å². The first-order valence-electron chi connectivity index (χ1n) is 48.8. The quantitative estimate of drug-likeness (QED) is 0.109. The minimum atomic E-state index is 0.597. The van der Waals surface area contributed by atoms with Crippen LogP contribution in [-0.4, -0.2) is 37.4 Å². The van der Waals surface area contributed by atoms with Crippen LogP contribution in [0.5, 0.6) is 0 Å². The summed E-state index contributed by atoms with van der Waals surface area (Å²) in [4.78, 5) is 12.4. The number of aromatic nitrogens is 8. The molecule has 22 aromatic carbocycles. The average Bonchev–Trinajstić information content (AvgIpc) is 1.54. The molecule has 7 aromatic heterocycles. The van der Waals surface area contributed by atoms with Gasteiger partial charge in [-0.2, -0.15) is 0 Å². The van der Waals surface area contributed by atoms with E-state index in [9.17, 15) is 0 Å². The number of hydrogen-bond donors (Lipinski definition) is 0. The van der Waals surface area contributed by atoms with Crippen LogP contribution in [0.15, 0.2) is 497 Å². The van der Waals surface area contributed by atoms with E-state index in [0.717, 1.165) is 211 Å². The minimum Gasteiger partial charge on any atom is -0.309 e. The van der Waals surface area contributed by atoms with Crippen LogP contribution in [0.3, 0.4) is 0 Å². The van der Waals surface area contributed by atoms with Gasteiger partial charge in [0.2, 0.25) is 0 Å². The molecular formula is C134H82N8. The maximum absolute atomic E-state index is 6.30. The van der Waals surface area contributed by atoms with Crippen LogP contribution < -0.4 is 0 Å². The third kappa shape index (κ3) is 12.1. The van der Waals surface area contributed by atoms with Crippen molar-refractivity contribution in [3.05, 3.63) is 497 Å². The lowest BCUT2D eigenvalue weighted by Gasteiger charge is -2.20. The first-order valence-corrected chi connectivity index (χ1v) is 48.8. The molecule has 0 saturated carbocycles. The molecule has 658 valence electrons. The molecule has 0 amide bonds. The number of hydrogen-bond acceptors (Lipinski definition) is 2. The highest BCUT2D eigenvalue weighted by Crippen LogP contribution is 2.55. The average molecular weight is 1800 g/mol. The number of fused-ring (bicyclic) bond motifs is 21. The van der Waals surface area contributed by atoms with Crippen molar-refractivity contribution in [2.45, 2.75) is 0 Å². The molecule has 0 saturated heterocycles. The lowest BCUT2D eigenvalue weighted by Crippen LogP contribution is -2.03. The Hall–Kier alpha value is -19.0. The zero-order chi connectivity index (χ0) is 92.9. The van der Waals surface area contributed by atoms with Crippen molar-refractivity contribution in [1.29, 1.82) is 0 Å². The van der Waals surface area contributed by atoms with E-state index < -0.39 is 0 Å². The highest BCUT2D eigenvalue weighted by Gasteiger charge is 2.33. The van der Waals surface area contributed by atoms with Gasteiger partial charge in [-0.3, -0.25) is 0 Å². The predicted molar refractivity (Wildman–Crippen MR) is 593 cm³/mol. The van der Waals surface area contributed by atoms with Crippen molar-refractivity contribution in [3.63, 3.8) is 0 Å². The summed E-state index contributed by atoms with van der Waals surface area (Å²) in [5, 5.41) is 16.4. The fourth-order valence-electron chi connectivity index (χ4n) is 23.8. The van der Waals surface area contributed by atoms with Crippen LogP contribution in [0, 0.1) is 0 Å². The van der Waals surface area contributed by atoms with E-state index in [1.807, 2.05) is 0 Å². The second-order valence-electron chi connectivity index (χ2n) is 37.8. The summed E-state index contributed by atoms with van der Waals surface area (Å²) in [6, 6.07) is 185. The second kappa shape index (κ2) is 31.3. The molecule has 0 unspecified atom stereocenters. The van der Waals surface area contributed by atoms with E-state index in [4.69, 9.17) is 9.97 Å². The van der Waals surface area contributed by atoms with Gasteiger partial charge in [0.1, 0.15) is 0 Å². The Kier molecular flexibility index (Phi) is 17.4. The van der Waals surface area contributed by atoms with E-state index >= 15 is 0 Å². The molecule has 142 heavy (non-hydrogen) atoms. The Bertz CT molecular complexity index is 9400. The molecule has 0 bridgehead atoms. The van der Waals surface area contributed by atoms with Crippen molar-refractivity contribution < 1.29 is 0 Å².